The first-order chi connectivity index (χ1) is 16.8. The Balaban J connectivity index is 1.46. The van der Waals surface area contributed by atoms with Crippen molar-refractivity contribution < 1.29 is 24.5 Å². The Kier molecular flexibility index (Phi) is 7.17. The number of rotatable bonds is 10. The van der Waals surface area contributed by atoms with Crippen LogP contribution >= 0.6 is 0 Å². The maximum absolute atomic E-state index is 13.3. The number of fused-ring (bicyclic) bond motifs is 1. The molecule has 0 aromatic carbocycles. The molecule has 0 spiro atoms. The van der Waals surface area contributed by atoms with Gasteiger partial charge < -0.3 is 29.9 Å². The van der Waals surface area contributed by atoms with Gasteiger partial charge in [-0.3, -0.25) is 14.3 Å². The quantitative estimate of drug-likeness (QED) is 0.298. The second-order valence-corrected chi connectivity index (χ2v) is 9.01. The van der Waals surface area contributed by atoms with Crippen molar-refractivity contribution in [2.24, 2.45) is 11.1 Å². The first-order valence-corrected chi connectivity index (χ1v) is 11.4. The van der Waals surface area contributed by atoms with Crippen LogP contribution in [0.25, 0.3) is 5.65 Å². The molecule has 0 saturated heterocycles. The zero-order valence-corrected chi connectivity index (χ0v) is 19.5. The maximum atomic E-state index is 13.3. The molecule has 4 rings (SSSR count). The summed E-state index contributed by atoms with van der Waals surface area (Å²) in [5, 5.41) is 33.3. The van der Waals surface area contributed by atoms with E-state index in [4.69, 9.17) is 4.84 Å². The van der Waals surface area contributed by atoms with Gasteiger partial charge in [-0.05, 0) is 30.5 Å². The van der Waals surface area contributed by atoms with Crippen LogP contribution in [0.1, 0.15) is 37.0 Å². The fraction of sp³-hybridized carbons (Fsp3) is 0.409. The molecule has 13 heteroatoms. The molecule has 4 N–H and O–H groups in total. The third-order valence-corrected chi connectivity index (χ3v) is 5.75. The predicted octanol–water partition coefficient (Wildman–Crippen LogP) is 0.0188. The van der Waals surface area contributed by atoms with Crippen molar-refractivity contribution in [2.45, 2.75) is 44.8 Å². The van der Waals surface area contributed by atoms with Crippen molar-refractivity contribution in [1.29, 1.82) is 0 Å². The lowest BCUT2D eigenvalue weighted by Gasteiger charge is -2.28. The lowest BCUT2D eigenvalue weighted by atomic mass is 9.74. The predicted molar refractivity (Wildman–Crippen MR) is 127 cm³/mol. The van der Waals surface area contributed by atoms with Crippen molar-refractivity contribution in [3.05, 3.63) is 54.7 Å². The zero-order chi connectivity index (χ0) is 25.0. The molecule has 1 aliphatic rings. The summed E-state index contributed by atoms with van der Waals surface area (Å²) in [6, 6.07) is 5.15. The highest BCUT2D eigenvalue weighted by atomic mass is 16.7. The largest absolute Gasteiger partial charge is 0.475 e. The van der Waals surface area contributed by atoms with Crippen LogP contribution in [-0.4, -0.2) is 71.9 Å². The van der Waals surface area contributed by atoms with E-state index in [1.807, 2.05) is 13.8 Å². The summed E-state index contributed by atoms with van der Waals surface area (Å²) < 4.78 is 3.29. The van der Waals surface area contributed by atoms with Gasteiger partial charge in [-0.25, -0.2) is 4.98 Å². The Morgan fingerprint density at radius 3 is 2.77 bits per heavy atom. The third kappa shape index (κ3) is 5.52. The molecule has 3 aromatic heterocycles. The van der Waals surface area contributed by atoms with Crippen molar-refractivity contribution in [3.63, 3.8) is 0 Å². The Bertz CT molecular complexity index is 1210. The van der Waals surface area contributed by atoms with Gasteiger partial charge in [0.05, 0.1) is 30.3 Å². The Labute approximate surface area is 202 Å². The van der Waals surface area contributed by atoms with Crippen LogP contribution in [0.3, 0.4) is 0 Å². The number of carbonyl (C=O) groups excluding carboxylic acids is 2. The maximum Gasteiger partial charge on any atom is 0.475 e. The summed E-state index contributed by atoms with van der Waals surface area (Å²) in [7, 11) is -1.73. The van der Waals surface area contributed by atoms with Gasteiger partial charge in [0.25, 0.3) is 11.8 Å². The Morgan fingerprint density at radius 1 is 1.23 bits per heavy atom. The fourth-order valence-corrected chi connectivity index (χ4v) is 4.04. The number of amides is 2. The molecule has 0 radical (unpaired) electrons. The molecule has 1 aliphatic heterocycles. The number of imidazole rings is 1. The van der Waals surface area contributed by atoms with E-state index < -0.39 is 24.6 Å². The van der Waals surface area contributed by atoms with E-state index >= 15 is 0 Å². The minimum absolute atomic E-state index is 0.0517. The van der Waals surface area contributed by atoms with Gasteiger partial charge in [0.2, 0.25) is 5.60 Å². The molecule has 2 atom stereocenters. The molecule has 0 aliphatic carbocycles. The van der Waals surface area contributed by atoms with Crippen LogP contribution in [0.4, 0.5) is 0 Å². The van der Waals surface area contributed by atoms with E-state index in [0.717, 1.165) is 0 Å². The summed E-state index contributed by atoms with van der Waals surface area (Å²) >= 11 is 0. The van der Waals surface area contributed by atoms with E-state index in [0.29, 0.717) is 23.3 Å². The Morgan fingerprint density at radius 2 is 2.06 bits per heavy atom. The van der Waals surface area contributed by atoms with Crippen LogP contribution in [0.5, 0.6) is 0 Å². The van der Waals surface area contributed by atoms with Crippen LogP contribution < -0.4 is 10.6 Å². The third-order valence-electron chi connectivity index (χ3n) is 5.75. The average Bonchev–Trinajstić information content (AvgIpc) is 3.58. The molecule has 0 saturated carbocycles. The number of oxime groups is 1. The monoisotopic (exact) mass is 481 g/mol. The highest BCUT2D eigenvalue weighted by Gasteiger charge is 2.48. The minimum atomic E-state index is -1.73. The number of hydrogen-bond acceptors (Lipinski definition) is 8. The van der Waals surface area contributed by atoms with Gasteiger partial charge in [0, 0.05) is 37.4 Å². The second kappa shape index (κ2) is 10.3. The van der Waals surface area contributed by atoms with Gasteiger partial charge in [-0.15, -0.1) is 0 Å². The van der Waals surface area contributed by atoms with E-state index in [2.05, 4.69) is 25.9 Å². The van der Waals surface area contributed by atoms with Crippen LogP contribution in [0.15, 0.2) is 54.3 Å². The van der Waals surface area contributed by atoms with Gasteiger partial charge in [-0.2, -0.15) is 5.10 Å². The SMILES string of the molecule is CC(C)C[C@H](NC(=O)C1(Cn2cccn2)CC(CNC(=O)c2cccn3ccnc23)=NO1)B(O)O. The van der Waals surface area contributed by atoms with Crippen LogP contribution in [-0.2, 0) is 16.2 Å². The molecule has 0 fully saturated rings. The molecule has 0 bridgehead atoms. The molecule has 2 amide bonds. The van der Waals surface area contributed by atoms with Crippen molar-refractivity contribution >= 4 is 30.3 Å². The molecule has 4 heterocycles. The van der Waals surface area contributed by atoms with Gasteiger partial charge in [0.1, 0.15) is 5.65 Å². The number of carbonyl (C=O) groups is 2. The van der Waals surface area contributed by atoms with E-state index in [1.54, 1.807) is 58.3 Å². The lowest BCUT2D eigenvalue weighted by molar-refractivity contribution is -0.146. The van der Waals surface area contributed by atoms with Gasteiger partial charge in [0.15, 0.2) is 0 Å². The highest BCUT2D eigenvalue weighted by molar-refractivity contribution is 6.43. The number of pyridine rings is 1. The fourth-order valence-electron chi connectivity index (χ4n) is 4.04. The van der Waals surface area contributed by atoms with Crippen molar-refractivity contribution in [3.8, 4) is 0 Å². The number of aromatic nitrogens is 4. The standard InChI is InChI=1S/C22H28BN7O5/c1-15(2)11-18(23(33)34)27-21(32)22(14-30-9-4-6-26-30)12-16(28-35-22)13-25-20(31)17-5-3-8-29-10-7-24-19(17)29/h3-10,15,18,33-34H,11-14H2,1-2H3,(H,25,31)(H,27,32)/t18-,22?/m0/s1. The van der Waals surface area contributed by atoms with E-state index in [-0.39, 0.29) is 31.3 Å². The molecular weight excluding hydrogens is 453 g/mol. The minimum Gasteiger partial charge on any atom is -0.426 e. The molecular formula is C22H28BN7O5. The van der Waals surface area contributed by atoms with Gasteiger partial charge in [-0.1, -0.05) is 19.0 Å². The smallest absolute Gasteiger partial charge is 0.426 e. The summed E-state index contributed by atoms with van der Waals surface area (Å²) in [5.41, 5.74) is -0.0630. The number of nitrogens with zero attached hydrogens (tertiary/aromatic N) is 5. The number of hydrogen-bond donors (Lipinski definition) is 4. The lowest BCUT2D eigenvalue weighted by Crippen LogP contribution is -2.57. The number of nitrogens with one attached hydrogen (secondary N) is 2. The highest BCUT2D eigenvalue weighted by Crippen LogP contribution is 2.27. The van der Waals surface area contributed by atoms with E-state index in [1.165, 1.54) is 0 Å². The molecule has 12 nitrogen and oxygen atoms in total. The van der Waals surface area contributed by atoms with Crippen molar-refractivity contribution in [2.75, 3.05) is 6.54 Å². The van der Waals surface area contributed by atoms with Crippen LogP contribution in [0, 0.1) is 5.92 Å². The average molecular weight is 481 g/mol. The Hall–Kier alpha value is -3.71. The molecule has 3 aromatic rings. The molecule has 184 valence electrons. The van der Waals surface area contributed by atoms with E-state index in [9.17, 15) is 19.6 Å². The summed E-state index contributed by atoms with van der Waals surface area (Å²) in [5.74, 6) is -1.63. The first kappa shape index (κ1) is 24.4. The summed E-state index contributed by atoms with van der Waals surface area (Å²) in [6.07, 6.45) is 8.88. The second-order valence-electron chi connectivity index (χ2n) is 9.01. The zero-order valence-electron chi connectivity index (χ0n) is 19.5. The molecule has 35 heavy (non-hydrogen) atoms. The summed E-state index contributed by atoms with van der Waals surface area (Å²) in [4.78, 5) is 36.0. The van der Waals surface area contributed by atoms with Crippen molar-refractivity contribution in [1.82, 2.24) is 29.8 Å². The summed E-state index contributed by atoms with van der Waals surface area (Å²) in [6.45, 7) is 3.95. The van der Waals surface area contributed by atoms with Gasteiger partial charge >= 0.3 is 7.12 Å². The molecule has 1 unspecified atom stereocenters. The van der Waals surface area contributed by atoms with Crippen LogP contribution in [0.2, 0.25) is 0 Å². The first-order valence-electron chi connectivity index (χ1n) is 11.4. The topological polar surface area (TPSA) is 155 Å². The normalized spacial score (nSPS) is 18.3.